The molecule has 0 aliphatic heterocycles. The Labute approximate surface area is 164 Å². The minimum absolute atomic E-state index is 0.135. The summed E-state index contributed by atoms with van der Waals surface area (Å²) in [5.74, 6) is -1.61. The molecule has 0 fully saturated rings. The van der Waals surface area contributed by atoms with E-state index in [1.807, 2.05) is 30.3 Å². The van der Waals surface area contributed by atoms with Crippen LogP contribution in [0.2, 0.25) is 0 Å². The molecule has 2 N–H and O–H groups in total. The molecule has 7 heteroatoms. The van der Waals surface area contributed by atoms with Gasteiger partial charge in [-0.15, -0.1) is 0 Å². The molecule has 28 heavy (non-hydrogen) atoms. The second-order valence-corrected chi connectivity index (χ2v) is 6.83. The Morgan fingerprint density at radius 2 is 1.64 bits per heavy atom. The van der Waals surface area contributed by atoms with Crippen LogP contribution >= 0.6 is 0 Å². The summed E-state index contributed by atoms with van der Waals surface area (Å²) in [6.07, 6.45) is -1.25. The fraction of sp³-hybridized carbons (Fsp3) is 0.381. The van der Waals surface area contributed by atoms with E-state index in [9.17, 15) is 14.4 Å². The summed E-state index contributed by atoms with van der Waals surface area (Å²) in [6, 6.07) is 9.42. The summed E-state index contributed by atoms with van der Waals surface area (Å²) in [5.41, 5.74) is 2.33. The number of aryl methyl sites for hydroxylation is 1. The Morgan fingerprint density at radius 3 is 2.25 bits per heavy atom. The van der Waals surface area contributed by atoms with Crippen molar-refractivity contribution < 1.29 is 23.9 Å². The van der Waals surface area contributed by atoms with E-state index in [1.54, 1.807) is 27.7 Å². The van der Waals surface area contributed by atoms with E-state index in [-0.39, 0.29) is 11.8 Å². The van der Waals surface area contributed by atoms with Crippen LogP contribution in [0.25, 0.3) is 0 Å². The van der Waals surface area contributed by atoms with Gasteiger partial charge in [0.25, 0.3) is 5.91 Å². The Bertz CT molecular complexity index is 855. The zero-order chi connectivity index (χ0) is 20.8. The van der Waals surface area contributed by atoms with Crippen LogP contribution in [0.15, 0.2) is 30.3 Å². The van der Waals surface area contributed by atoms with Gasteiger partial charge in [0.05, 0.1) is 11.7 Å². The maximum atomic E-state index is 12.5. The molecule has 0 aliphatic rings. The molecule has 2 aromatic rings. The fourth-order valence-electron chi connectivity index (χ4n) is 2.74. The number of benzene rings is 1. The van der Waals surface area contributed by atoms with Gasteiger partial charge in [-0.05, 0) is 45.7 Å². The molecule has 0 saturated heterocycles. The van der Waals surface area contributed by atoms with Crippen molar-refractivity contribution in [2.45, 2.75) is 53.4 Å². The van der Waals surface area contributed by atoms with Gasteiger partial charge in [-0.3, -0.25) is 4.79 Å². The molecule has 150 valence electrons. The maximum absolute atomic E-state index is 12.5. The summed E-state index contributed by atoms with van der Waals surface area (Å²) < 4.78 is 10.5. The van der Waals surface area contributed by atoms with Crippen LogP contribution in [0.5, 0.6) is 0 Å². The van der Waals surface area contributed by atoms with E-state index in [0.29, 0.717) is 23.4 Å². The first-order chi connectivity index (χ1) is 13.2. The van der Waals surface area contributed by atoms with E-state index >= 15 is 0 Å². The normalized spacial score (nSPS) is 11.8. The molecular formula is C21H26N2O5. The van der Waals surface area contributed by atoms with Crippen molar-refractivity contribution in [1.82, 2.24) is 10.3 Å². The zero-order valence-electron chi connectivity index (χ0n) is 16.8. The van der Waals surface area contributed by atoms with Gasteiger partial charge in [0.1, 0.15) is 5.69 Å². The molecule has 2 rings (SSSR count). The molecule has 1 amide bonds. The molecule has 0 saturated carbocycles. The SMILES string of the molecule is Cc1[nH]c(C(=O)O[C@@H](C)C(=O)NCc2ccccc2)c(C)c1C(=O)OC(C)C. The van der Waals surface area contributed by atoms with Crippen molar-refractivity contribution in [3.8, 4) is 0 Å². The van der Waals surface area contributed by atoms with Gasteiger partial charge in [0.2, 0.25) is 0 Å². The Balaban J connectivity index is 2.02. The maximum Gasteiger partial charge on any atom is 0.355 e. The number of carbonyl (C=O) groups is 3. The van der Waals surface area contributed by atoms with Crippen LogP contribution in [-0.2, 0) is 20.8 Å². The van der Waals surface area contributed by atoms with Crippen molar-refractivity contribution in [2.75, 3.05) is 0 Å². The molecule has 0 bridgehead atoms. The molecule has 0 spiro atoms. The average Bonchev–Trinajstić information content (AvgIpc) is 2.94. The highest BCUT2D eigenvalue weighted by Crippen LogP contribution is 2.20. The van der Waals surface area contributed by atoms with Crippen LogP contribution in [0.3, 0.4) is 0 Å². The molecule has 1 aromatic carbocycles. The standard InChI is InChI=1S/C21H26N2O5/c1-12(2)27-20(25)17-13(3)18(23-14(17)4)21(26)28-15(5)19(24)22-11-16-9-7-6-8-10-16/h6-10,12,15,23H,11H2,1-5H3,(H,22,24)/t15-/m0/s1. The van der Waals surface area contributed by atoms with Crippen molar-refractivity contribution in [1.29, 1.82) is 0 Å². The summed E-state index contributed by atoms with van der Waals surface area (Å²) in [4.78, 5) is 39.8. The van der Waals surface area contributed by atoms with Gasteiger partial charge in [-0.1, -0.05) is 30.3 Å². The van der Waals surface area contributed by atoms with Crippen LogP contribution in [0.4, 0.5) is 0 Å². The highest BCUT2D eigenvalue weighted by Gasteiger charge is 2.26. The monoisotopic (exact) mass is 386 g/mol. The zero-order valence-corrected chi connectivity index (χ0v) is 16.8. The van der Waals surface area contributed by atoms with Crippen molar-refractivity contribution in [3.05, 3.63) is 58.4 Å². The number of aromatic amines is 1. The number of amides is 1. The number of aromatic nitrogens is 1. The quantitative estimate of drug-likeness (QED) is 0.713. The summed E-state index contributed by atoms with van der Waals surface area (Å²) in [6.45, 7) is 8.65. The second kappa shape index (κ2) is 9.21. The van der Waals surface area contributed by atoms with Crippen LogP contribution in [0, 0.1) is 13.8 Å². The lowest BCUT2D eigenvalue weighted by atomic mass is 10.1. The predicted molar refractivity (Wildman–Crippen MR) is 104 cm³/mol. The van der Waals surface area contributed by atoms with Gasteiger partial charge in [0.15, 0.2) is 6.10 Å². The van der Waals surface area contributed by atoms with Gasteiger partial charge >= 0.3 is 11.9 Å². The topological polar surface area (TPSA) is 97.5 Å². The number of rotatable bonds is 7. The third-order valence-corrected chi connectivity index (χ3v) is 4.15. The molecule has 0 radical (unpaired) electrons. The van der Waals surface area contributed by atoms with Gasteiger partial charge < -0.3 is 19.8 Å². The molecule has 1 heterocycles. The van der Waals surface area contributed by atoms with Crippen LogP contribution in [-0.4, -0.2) is 35.0 Å². The highest BCUT2D eigenvalue weighted by molar-refractivity contribution is 5.99. The van der Waals surface area contributed by atoms with E-state index in [2.05, 4.69) is 10.3 Å². The minimum atomic E-state index is -0.981. The number of H-pyrrole nitrogens is 1. The fourth-order valence-corrected chi connectivity index (χ4v) is 2.74. The Morgan fingerprint density at radius 1 is 1.00 bits per heavy atom. The van der Waals surface area contributed by atoms with Crippen LogP contribution < -0.4 is 5.32 Å². The number of esters is 2. The third kappa shape index (κ3) is 5.22. The third-order valence-electron chi connectivity index (χ3n) is 4.15. The molecular weight excluding hydrogens is 360 g/mol. The van der Waals surface area contributed by atoms with E-state index in [0.717, 1.165) is 5.56 Å². The number of nitrogens with one attached hydrogen (secondary N) is 2. The summed E-state index contributed by atoms with van der Waals surface area (Å²) in [7, 11) is 0. The Hall–Kier alpha value is -3.09. The first-order valence-electron chi connectivity index (χ1n) is 9.13. The average molecular weight is 386 g/mol. The Kier molecular flexibility index (Phi) is 6.98. The summed E-state index contributed by atoms with van der Waals surface area (Å²) >= 11 is 0. The lowest BCUT2D eigenvalue weighted by Gasteiger charge is -2.13. The lowest BCUT2D eigenvalue weighted by molar-refractivity contribution is -0.129. The van der Waals surface area contributed by atoms with Crippen molar-refractivity contribution in [2.24, 2.45) is 0 Å². The minimum Gasteiger partial charge on any atom is -0.459 e. The van der Waals surface area contributed by atoms with Crippen LogP contribution in [0.1, 0.15) is 58.4 Å². The van der Waals surface area contributed by atoms with Gasteiger partial charge in [0, 0.05) is 12.2 Å². The first kappa shape index (κ1) is 21.2. The predicted octanol–water partition coefficient (Wildman–Crippen LogP) is 3.06. The first-order valence-corrected chi connectivity index (χ1v) is 9.13. The van der Waals surface area contributed by atoms with Gasteiger partial charge in [-0.2, -0.15) is 0 Å². The number of hydrogen-bond acceptors (Lipinski definition) is 5. The smallest absolute Gasteiger partial charge is 0.355 e. The number of carbonyl (C=O) groups excluding carboxylic acids is 3. The number of hydrogen-bond donors (Lipinski definition) is 2. The molecule has 7 nitrogen and oxygen atoms in total. The highest BCUT2D eigenvalue weighted by atomic mass is 16.6. The second-order valence-electron chi connectivity index (χ2n) is 6.83. The van der Waals surface area contributed by atoms with E-state index < -0.39 is 23.9 Å². The lowest BCUT2D eigenvalue weighted by Crippen LogP contribution is -2.35. The summed E-state index contributed by atoms with van der Waals surface area (Å²) in [5, 5.41) is 2.73. The molecule has 1 atom stereocenters. The van der Waals surface area contributed by atoms with Crippen molar-refractivity contribution >= 4 is 17.8 Å². The molecule has 1 aromatic heterocycles. The van der Waals surface area contributed by atoms with E-state index in [4.69, 9.17) is 9.47 Å². The molecule has 0 unspecified atom stereocenters. The largest absolute Gasteiger partial charge is 0.459 e. The van der Waals surface area contributed by atoms with E-state index in [1.165, 1.54) is 6.92 Å². The molecule has 0 aliphatic carbocycles. The van der Waals surface area contributed by atoms with Crippen molar-refractivity contribution in [3.63, 3.8) is 0 Å². The number of ether oxygens (including phenoxy) is 2. The van der Waals surface area contributed by atoms with Gasteiger partial charge in [-0.25, -0.2) is 9.59 Å².